The number of nitrogens with two attached hydrogens (primary N) is 1. The Kier molecular flexibility index (Phi) is 3.46. The molecule has 0 bridgehead atoms. The second kappa shape index (κ2) is 5.77. The predicted molar refractivity (Wildman–Crippen MR) is 96.7 cm³/mol. The summed E-state index contributed by atoms with van der Waals surface area (Å²) in [6.07, 6.45) is 3.95. The summed E-state index contributed by atoms with van der Waals surface area (Å²) in [5.74, 6) is 0.463. The summed E-state index contributed by atoms with van der Waals surface area (Å²) in [5, 5.41) is 7.97. The van der Waals surface area contributed by atoms with E-state index in [9.17, 15) is 0 Å². The Morgan fingerprint density at radius 1 is 1.08 bits per heavy atom. The maximum absolute atomic E-state index is 6.10. The van der Waals surface area contributed by atoms with Gasteiger partial charge in [-0.3, -0.25) is 0 Å². The Bertz CT molecular complexity index is 1040. The van der Waals surface area contributed by atoms with E-state index in [4.69, 9.17) is 10.8 Å². The molecule has 0 aliphatic carbocycles. The molecule has 5 heteroatoms. The second-order valence-electron chi connectivity index (χ2n) is 5.69. The van der Waals surface area contributed by atoms with E-state index in [1.54, 1.807) is 6.08 Å². The van der Waals surface area contributed by atoms with Crippen molar-refractivity contribution in [2.45, 2.75) is 13.0 Å². The molecular weight excluding hydrogens is 298 g/mol. The number of rotatable bonds is 4. The van der Waals surface area contributed by atoms with Crippen LogP contribution >= 0.6 is 0 Å². The lowest BCUT2D eigenvalue weighted by Crippen LogP contribution is -1.99. The molecule has 0 atom stereocenters. The largest absolute Gasteiger partial charge is 0.383 e. The van der Waals surface area contributed by atoms with E-state index >= 15 is 0 Å². The number of anilines is 1. The van der Waals surface area contributed by atoms with Crippen molar-refractivity contribution in [3.63, 3.8) is 0 Å². The lowest BCUT2D eigenvalue weighted by molar-refractivity contribution is 0.706. The summed E-state index contributed by atoms with van der Waals surface area (Å²) in [7, 11) is 0. The molecule has 0 unspecified atom stereocenters. The fourth-order valence-corrected chi connectivity index (χ4v) is 3.11. The van der Waals surface area contributed by atoms with Crippen molar-refractivity contribution >= 4 is 27.6 Å². The highest BCUT2D eigenvalue weighted by atomic mass is 15.3. The van der Waals surface area contributed by atoms with Gasteiger partial charge in [0.15, 0.2) is 5.65 Å². The van der Waals surface area contributed by atoms with Crippen LogP contribution in [0.25, 0.3) is 21.8 Å². The third-order valence-corrected chi connectivity index (χ3v) is 4.17. The zero-order valence-electron chi connectivity index (χ0n) is 13.2. The molecule has 5 nitrogen and oxygen atoms in total. The summed E-state index contributed by atoms with van der Waals surface area (Å²) in [6.45, 7) is 4.37. The molecule has 0 saturated heterocycles. The highest BCUT2D eigenvalue weighted by Crippen LogP contribution is 2.26. The Labute approximate surface area is 139 Å². The first kappa shape index (κ1) is 14.4. The third-order valence-electron chi connectivity index (χ3n) is 4.17. The van der Waals surface area contributed by atoms with Gasteiger partial charge in [0.25, 0.3) is 0 Å². The van der Waals surface area contributed by atoms with Gasteiger partial charge >= 0.3 is 0 Å². The molecule has 0 amide bonds. The first-order valence-electron chi connectivity index (χ1n) is 7.81. The van der Waals surface area contributed by atoms with Gasteiger partial charge in [0.2, 0.25) is 0 Å². The van der Waals surface area contributed by atoms with Gasteiger partial charge < -0.3 is 5.73 Å². The van der Waals surface area contributed by atoms with E-state index in [2.05, 4.69) is 52.9 Å². The lowest BCUT2D eigenvalue weighted by atomic mass is 10.0. The molecule has 4 rings (SSSR count). The van der Waals surface area contributed by atoms with Gasteiger partial charge in [-0.15, -0.1) is 6.58 Å². The van der Waals surface area contributed by atoms with E-state index in [1.165, 1.54) is 22.7 Å². The Morgan fingerprint density at radius 3 is 2.79 bits per heavy atom. The Hall–Kier alpha value is -3.21. The number of nitrogen functional groups attached to an aromatic ring is 1. The average molecular weight is 315 g/mol. The van der Waals surface area contributed by atoms with Crippen molar-refractivity contribution in [2.24, 2.45) is 0 Å². The van der Waals surface area contributed by atoms with E-state index in [-0.39, 0.29) is 0 Å². The standard InChI is InChI=1S/C19H17N5/c1-2-10-24-19-17(18(20)21-12-22-19)16(23-24)11-14-8-5-7-13-6-3-4-9-15(13)14/h2-9,12H,1,10-11H2,(H2,20,21,22). The van der Waals surface area contributed by atoms with Gasteiger partial charge in [0.05, 0.1) is 17.6 Å². The normalized spacial score (nSPS) is 11.2. The molecule has 0 aliphatic heterocycles. The van der Waals surface area contributed by atoms with Crippen molar-refractivity contribution in [3.8, 4) is 0 Å². The molecule has 0 saturated carbocycles. The van der Waals surface area contributed by atoms with E-state index in [0.29, 0.717) is 18.8 Å². The lowest BCUT2D eigenvalue weighted by Gasteiger charge is -2.05. The van der Waals surface area contributed by atoms with Crippen LogP contribution in [0.4, 0.5) is 5.82 Å². The topological polar surface area (TPSA) is 69.6 Å². The van der Waals surface area contributed by atoms with Crippen LogP contribution in [0.5, 0.6) is 0 Å². The highest BCUT2D eigenvalue weighted by Gasteiger charge is 2.16. The van der Waals surface area contributed by atoms with E-state index < -0.39 is 0 Å². The first-order valence-corrected chi connectivity index (χ1v) is 7.81. The maximum Gasteiger partial charge on any atom is 0.163 e. The van der Waals surface area contributed by atoms with Gasteiger partial charge in [-0.25, -0.2) is 14.6 Å². The maximum atomic E-state index is 6.10. The van der Waals surface area contributed by atoms with Crippen LogP contribution in [-0.4, -0.2) is 19.7 Å². The van der Waals surface area contributed by atoms with Crippen LogP contribution in [0.1, 0.15) is 11.3 Å². The van der Waals surface area contributed by atoms with Gasteiger partial charge in [0, 0.05) is 6.42 Å². The van der Waals surface area contributed by atoms with Crippen molar-refractivity contribution in [3.05, 3.63) is 72.7 Å². The molecule has 118 valence electrons. The molecule has 0 spiro atoms. The SMILES string of the molecule is C=CCn1nc(Cc2cccc3ccccc23)c2c(N)ncnc21. The quantitative estimate of drug-likeness (QED) is 0.586. The van der Waals surface area contributed by atoms with Crippen molar-refractivity contribution in [2.75, 3.05) is 5.73 Å². The smallest absolute Gasteiger partial charge is 0.163 e. The van der Waals surface area contributed by atoms with Crippen LogP contribution in [0.15, 0.2) is 61.4 Å². The van der Waals surface area contributed by atoms with Gasteiger partial charge in [0.1, 0.15) is 12.1 Å². The van der Waals surface area contributed by atoms with Crippen LogP contribution in [-0.2, 0) is 13.0 Å². The third kappa shape index (κ3) is 2.31. The molecule has 0 radical (unpaired) electrons. The van der Waals surface area contributed by atoms with E-state index in [0.717, 1.165) is 16.7 Å². The molecule has 2 N–H and O–H groups in total. The molecule has 24 heavy (non-hydrogen) atoms. The number of hydrogen-bond acceptors (Lipinski definition) is 4. The van der Waals surface area contributed by atoms with Gasteiger partial charge in [-0.1, -0.05) is 48.5 Å². The van der Waals surface area contributed by atoms with Crippen molar-refractivity contribution in [1.29, 1.82) is 0 Å². The summed E-state index contributed by atoms with van der Waals surface area (Å²) >= 11 is 0. The number of fused-ring (bicyclic) bond motifs is 2. The minimum Gasteiger partial charge on any atom is -0.383 e. The summed E-state index contributed by atoms with van der Waals surface area (Å²) < 4.78 is 1.82. The minimum atomic E-state index is 0.463. The first-order chi connectivity index (χ1) is 11.8. The molecule has 0 fully saturated rings. The van der Waals surface area contributed by atoms with Crippen molar-refractivity contribution < 1.29 is 0 Å². The highest BCUT2D eigenvalue weighted by molar-refractivity contribution is 5.90. The number of aromatic nitrogens is 4. The average Bonchev–Trinajstić information content (AvgIpc) is 2.95. The van der Waals surface area contributed by atoms with Crippen LogP contribution in [0, 0.1) is 0 Å². The molecule has 2 aromatic carbocycles. The number of hydrogen-bond donors (Lipinski definition) is 1. The second-order valence-corrected chi connectivity index (χ2v) is 5.69. The van der Waals surface area contributed by atoms with Gasteiger partial charge in [-0.2, -0.15) is 5.10 Å². The van der Waals surface area contributed by atoms with Gasteiger partial charge in [-0.05, 0) is 16.3 Å². The minimum absolute atomic E-state index is 0.463. The Balaban J connectivity index is 1.89. The zero-order valence-corrected chi connectivity index (χ0v) is 13.2. The number of allylic oxidation sites excluding steroid dienone is 1. The zero-order chi connectivity index (χ0) is 16.5. The van der Waals surface area contributed by atoms with E-state index in [1.807, 2.05) is 10.7 Å². The molecule has 2 aromatic heterocycles. The summed E-state index contributed by atoms with van der Waals surface area (Å²) in [6, 6.07) is 14.7. The summed E-state index contributed by atoms with van der Waals surface area (Å²) in [4.78, 5) is 8.48. The van der Waals surface area contributed by atoms with Crippen LogP contribution < -0.4 is 5.73 Å². The molecule has 2 heterocycles. The molecule has 0 aliphatic rings. The van der Waals surface area contributed by atoms with Crippen molar-refractivity contribution in [1.82, 2.24) is 19.7 Å². The van der Waals surface area contributed by atoms with Crippen LogP contribution in [0.2, 0.25) is 0 Å². The monoisotopic (exact) mass is 315 g/mol. The molecular formula is C19H17N5. The molecule has 4 aromatic rings. The number of benzene rings is 2. The number of nitrogens with zero attached hydrogens (tertiary/aromatic N) is 4. The van der Waals surface area contributed by atoms with Crippen LogP contribution in [0.3, 0.4) is 0 Å². The fraction of sp³-hybridized carbons (Fsp3) is 0.105. The summed E-state index contributed by atoms with van der Waals surface area (Å²) in [5.41, 5.74) is 8.95. The predicted octanol–water partition coefficient (Wildman–Crippen LogP) is 3.34. The Morgan fingerprint density at radius 2 is 1.92 bits per heavy atom. The fourth-order valence-electron chi connectivity index (χ4n) is 3.11.